The van der Waals surface area contributed by atoms with Crippen LogP contribution in [0.25, 0.3) is 17.2 Å². The predicted molar refractivity (Wildman–Crippen MR) is 102 cm³/mol. The molecule has 1 amide bonds. The fraction of sp³-hybridized carbons (Fsp3) is 0.0500. The average Bonchev–Trinajstić information content (AvgIpc) is 3.14. The van der Waals surface area contributed by atoms with Crippen LogP contribution in [-0.4, -0.2) is 5.91 Å². The van der Waals surface area contributed by atoms with Crippen LogP contribution in [0.1, 0.15) is 11.1 Å². The van der Waals surface area contributed by atoms with E-state index in [2.05, 4.69) is 28.2 Å². The van der Waals surface area contributed by atoms with E-state index in [1.807, 2.05) is 30.3 Å². The lowest BCUT2D eigenvalue weighted by atomic mass is 10.0. The second kappa shape index (κ2) is 7.95. The number of halogens is 1. The molecular weight excluding hydrogens is 338 g/mol. The molecule has 0 saturated heterocycles. The minimum atomic E-state index is -0.120. The van der Waals surface area contributed by atoms with Gasteiger partial charge in [0.15, 0.2) is 0 Å². The minimum Gasteiger partial charge on any atom is -0.348 e. The molecule has 2 aromatic carbocycles. The summed E-state index contributed by atoms with van der Waals surface area (Å²) in [5.74, 6) is -0.120. The third-order valence-corrected chi connectivity index (χ3v) is 4.53. The first kappa shape index (κ1) is 16.5. The highest BCUT2D eigenvalue weighted by Gasteiger charge is 2.05. The van der Waals surface area contributed by atoms with Gasteiger partial charge in [-0.05, 0) is 57.3 Å². The van der Waals surface area contributed by atoms with E-state index < -0.39 is 0 Å². The summed E-state index contributed by atoms with van der Waals surface area (Å²) < 4.78 is 0. The van der Waals surface area contributed by atoms with E-state index in [1.165, 1.54) is 11.6 Å². The molecule has 0 spiro atoms. The highest BCUT2D eigenvalue weighted by atomic mass is 35.5. The maximum atomic E-state index is 12.0. The van der Waals surface area contributed by atoms with Crippen LogP contribution in [-0.2, 0) is 11.3 Å². The summed E-state index contributed by atoms with van der Waals surface area (Å²) in [5, 5.41) is 7.78. The fourth-order valence-electron chi connectivity index (χ4n) is 2.36. The van der Waals surface area contributed by atoms with Crippen molar-refractivity contribution in [3.05, 3.63) is 87.6 Å². The summed E-state index contributed by atoms with van der Waals surface area (Å²) >= 11 is 7.51. The van der Waals surface area contributed by atoms with Crippen molar-refractivity contribution in [1.29, 1.82) is 0 Å². The Hall–Kier alpha value is -2.36. The van der Waals surface area contributed by atoms with E-state index in [1.54, 1.807) is 29.5 Å². The summed E-state index contributed by atoms with van der Waals surface area (Å²) in [6.45, 7) is 0.496. The van der Waals surface area contributed by atoms with Crippen LogP contribution in [0.5, 0.6) is 0 Å². The van der Waals surface area contributed by atoms with Gasteiger partial charge in [0, 0.05) is 17.6 Å². The summed E-state index contributed by atoms with van der Waals surface area (Å²) in [7, 11) is 0. The van der Waals surface area contributed by atoms with Crippen molar-refractivity contribution >= 4 is 34.9 Å². The van der Waals surface area contributed by atoms with Crippen molar-refractivity contribution in [3.63, 3.8) is 0 Å². The topological polar surface area (TPSA) is 29.1 Å². The van der Waals surface area contributed by atoms with E-state index in [0.29, 0.717) is 11.6 Å². The van der Waals surface area contributed by atoms with E-state index in [4.69, 9.17) is 11.6 Å². The fourth-order valence-corrected chi connectivity index (χ4v) is 3.14. The SMILES string of the molecule is O=C(/C=C/c1ccc(Cl)cc1)NCc1ccccc1-c1ccsc1. The zero-order valence-electron chi connectivity index (χ0n) is 12.9. The van der Waals surface area contributed by atoms with E-state index in [0.717, 1.165) is 16.7 Å². The van der Waals surface area contributed by atoms with Crippen LogP contribution < -0.4 is 5.32 Å². The van der Waals surface area contributed by atoms with Gasteiger partial charge < -0.3 is 5.32 Å². The molecule has 2 nitrogen and oxygen atoms in total. The van der Waals surface area contributed by atoms with E-state index in [9.17, 15) is 4.79 Å². The molecule has 0 fully saturated rings. The Kier molecular flexibility index (Phi) is 5.47. The molecule has 3 rings (SSSR count). The van der Waals surface area contributed by atoms with Gasteiger partial charge in [0.05, 0.1) is 0 Å². The predicted octanol–water partition coefficient (Wildman–Crippen LogP) is 5.40. The lowest BCUT2D eigenvalue weighted by Crippen LogP contribution is -2.20. The third-order valence-electron chi connectivity index (χ3n) is 3.60. The number of thiophene rings is 1. The number of nitrogens with one attached hydrogen (secondary N) is 1. The van der Waals surface area contributed by atoms with Crippen molar-refractivity contribution < 1.29 is 4.79 Å². The molecule has 120 valence electrons. The first-order valence-corrected chi connectivity index (χ1v) is 8.86. The molecule has 24 heavy (non-hydrogen) atoms. The van der Waals surface area contributed by atoms with Crippen molar-refractivity contribution in [2.75, 3.05) is 0 Å². The smallest absolute Gasteiger partial charge is 0.244 e. The Balaban J connectivity index is 1.64. The van der Waals surface area contributed by atoms with Gasteiger partial charge in [0.25, 0.3) is 0 Å². The quantitative estimate of drug-likeness (QED) is 0.611. The molecule has 0 bridgehead atoms. The second-order valence-corrected chi connectivity index (χ2v) is 6.49. The largest absolute Gasteiger partial charge is 0.348 e. The average molecular weight is 354 g/mol. The van der Waals surface area contributed by atoms with Crippen molar-refractivity contribution in [2.24, 2.45) is 0 Å². The molecule has 1 heterocycles. The Labute approximate surface area is 150 Å². The molecule has 0 aliphatic rings. The summed E-state index contributed by atoms with van der Waals surface area (Å²) in [5.41, 5.74) is 4.37. The minimum absolute atomic E-state index is 0.120. The maximum absolute atomic E-state index is 12.0. The van der Waals surface area contributed by atoms with E-state index >= 15 is 0 Å². The van der Waals surface area contributed by atoms with Crippen molar-refractivity contribution in [3.8, 4) is 11.1 Å². The Bertz CT molecular complexity index is 838. The number of carbonyl (C=O) groups is 1. The van der Waals surface area contributed by atoms with Gasteiger partial charge in [-0.15, -0.1) is 0 Å². The molecule has 0 aliphatic carbocycles. The highest BCUT2D eigenvalue weighted by molar-refractivity contribution is 7.08. The molecule has 0 saturated carbocycles. The standard InChI is InChI=1S/C20H16ClNOS/c21-18-8-5-15(6-9-18)7-10-20(23)22-13-16-3-1-2-4-19(16)17-11-12-24-14-17/h1-12,14H,13H2,(H,22,23)/b10-7+. The van der Waals surface area contributed by atoms with E-state index in [-0.39, 0.29) is 5.91 Å². The number of hydrogen-bond acceptors (Lipinski definition) is 2. The zero-order chi connectivity index (χ0) is 16.8. The van der Waals surface area contributed by atoms with Gasteiger partial charge in [-0.3, -0.25) is 4.79 Å². The summed E-state index contributed by atoms with van der Waals surface area (Å²) in [6.07, 6.45) is 3.31. The molecule has 0 radical (unpaired) electrons. The second-order valence-electron chi connectivity index (χ2n) is 5.27. The molecule has 3 aromatic rings. The first-order valence-electron chi connectivity index (χ1n) is 7.54. The summed E-state index contributed by atoms with van der Waals surface area (Å²) in [4.78, 5) is 12.0. The van der Waals surface area contributed by atoms with Crippen molar-refractivity contribution in [2.45, 2.75) is 6.54 Å². The normalized spacial score (nSPS) is 10.9. The lowest BCUT2D eigenvalue weighted by Gasteiger charge is -2.08. The molecule has 0 unspecified atom stereocenters. The monoisotopic (exact) mass is 353 g/mol. The van der Waals surface area contributed by atoms with Crippen LogP contribution in [0.4, 0.5) is 0 Å². The number of rotatable bonds is 5. The zero-order valence-corrected chi connectivity index (χ0v) is 14.5. The molecule has 0 atom stereocenters. The highest BCUT2D eigenvalue weighted by Crippen LogP contribution is 2.25. The van der Waals surface area contributed by atoms with Crippen LogP contribution in [0.15, 0.2) is 71.4 Å². The van der Waals surface area contributed by atoms with Gasteiger partial charge in [-0.1, -0.05) is 48.0 Å². The van der Waals surface area contributed by atoms with Gasteiger partial charge in [0.2, 0.25) is 5.91 Å². The van der Waals surface area contributed by atoms with Crippen LogP contribution in [0, 0.1) is 0 Å². The number of carbonyl (C=O) groups excluding carboxylic acids is 1. The number of hydrogen-bond donors (Lipinski definition) is 1. The third kappa shape index (κ3) is 4.34. The van der Waals surface area contributed by atoms with Gasteiger partial charge in [0.1, 0.15) is 0 Å². The van der Waals surface area contributed by atoms with Crippen LogP contribution >= 0.6 is 22.9 Å². The Morgan fingerprint density at radius 1 is 1.08 bits per heavy atom. The van der Waals surface area contributed by atoms with Crippen molar-refractivity contribution in [1.82, 2.24) is 5.32 Å². The Morgan fingerprint density at radius 3 is 2.62 bits per heavy atom. The van der Waals surface area contributed by atoms with Crippen LogP contribution in [0.3, 0.4) is 0 Å². The summed E-state index contributed by atoms with van der Waals surface area (Å²) in [6, 6.07) is 17.6. The maximum Gasteiger partial charge on any atom is 0.244 e. The Morgan fingerprint density at radius 2 is 1.88 bits per heavy atom. The number of amides is 1. The van der Waals surface area contributed by atoms with Gasteiger partial charge in [-0.2, -0.15) is 11.3 Å². The van der Waals surface area contributed by atoms with Crippen LogP contribution in [0.2, 0.25) is 5.02 Å². The molecular formula is C20H16ClNOS. The first-order chi connectivity index (χ1) is 11.7. The molecule has 0 aliphatic heterocycles. The lowest BCUT2D eigenvalue weighted by molar-refractivity contribution is -0.116. The van der Waals surface area contributed by atoms with Gasteiger partial charge >= 0.3 is 0 Å². The molecule has 1 aromatic heterocycles. The molecule has 4 heteroatoms. The molecule has 1 N–H and O–H groups in total. The van der Waals surface area contributed by atoms with Gasteiger partial charge in [-0.25, -0.2) is 0 Å². The number of benzene rings is 2.